The molecule has 0 aromatic heterocycles. The molecular weight excluding hydrogens is 522 g/mol. The fourth-order valence-corrected chi connectivity index (χ4v) is 4.26. The van der Waals surface area contributed by atoms with E-state index < -0.39 is 17.9 Å². The monoisotopic (exact) mass is 553 g/mol. The van der Waals surface area contributed by atoms with Crippen molar-refractivity contribution in [2.75, 3.05) is 6.61 Å². The van der Waals surface area contributed by atoms with Gasteiger partial charge in [-0.05, 0) is 41.8 Å². The lowest BCUT2D eigenvalue weighted by atomic mass is 10.00. The van der Waals surface area contributed by atoms with Gasteiger partial charge in [0.1, 0.15) is 17.5 Å². The Balaban J connectivity index is 1.67. The molecule has 190 valence electrons. The number of para-hydroxylation sites is 1. The van der Waals surface area contributed by atoms with Gasteiger partial charge in [0.25, 0.3) is 5.91 Å². The van der Waals surface area contributed by atoms with E-state index in [1.807, 2.05) is 24.3 Å². The van der Waals surface area contributed by atoms with Gasteiger partial charge in [0, 0.05) is 16.5 Å². The van der Waals surface area contributed by atoms with Crippen molar-refractivity contribution < 1.29 is 24.5 Å². The zero-order valence-electron chi connectivity index (χ0n) is 20.4. The fourth-order valence-electron chi connectivity index (χ4n) is 3.90. The summed E-state index contributed by atoms with van der Waals surface area (Å²) in [5.74, 6) is -1.02. The number of hydrogen-bond acceptors (Lipinski definition) is 4. The number of ether oxygens (including phenoxy) is 1. The molecule has 0 radical (unpaired) electrons. The third-order valence-electron chi connectivity index (χ3n) is 5.90. The van der Waals surface area contributed by atoms with Gasteiger partial charge in [0.05, 0.1) is 12.2 Å². The Morgan fingerprint density at radius 3 is 2.39 bits per heavy atom. The van der Waals surface area contributed by atoms with Gasteiger partial charge in [-0.1, -0.05) is 91.0 Å². The maximum absolute atomic E-state index is 13.1. The topological polar surface area (TPSA) is 95.9 Å². The Morgan fingerprint density at radius 2 is 1.69 bits per heavy atom. The lowest BCUT2D eigenvalue weighted by molar-refractivity contribution is -0.139. The molecule has 0 unspecified atom stereocenters. The summed E-state index contributed by atoms with van der Waals surface area (Å²) in [5, 5.41) is 22.5. The largest absolute Gasteiger partial charge is 0.507 e. The number of unbranched alkanes of at least 4 members (excludes halogenated alkanes) is 4. The minimum atomic E-state index is -1.12. The number of rotatable bonds is 13. The Labute approximate surface area is 220 Å². The first-order chi connectivity index (χ1) is 17.4. The fraction of sp³-hybridized carbons (Fsp3) is 0.310. The zero-order valence-corrected chi connectivity index (χ0v) is 22.0. The second-order valence-corrected chi connectivity index (χ2v) is 9.60. The van der Waals surface area contributed by atoms with Gasteiger partial charge in [-0.2, -0.15) is 0 Å². The van der Waals surface area contributed by atoms with Crippen LogP contribution >= 0.6 is 15.9 Å². The van der Waals surface area contributed by atoms with E-state index >= 15 is 0 Å². The summed E-state index contributed by atoms with van der Waals surface area (Å²) in [6.07, 6.45) is 5.59. The number of carboxylic acid groups (broad SMARTS) is 1. The van der Waals surface area contributed by atoms with Gasteiger partial charge in [-0.25, -0.2) is 4.79 Å². The van der Waals surface area contributed by atoms with E-state index in [1.165, 1.54) is 12.8 Å². The van der Waals surface area contributed by atoms with Crippen molar-refractivity contribution in [1.82, 2.24) is 5.32 Å². The van der Waals surface area contributed by atoms with Crippen molar-refractivity contribution in [3.8, 4) is 22.6 Å². The van der Waals surface area contributed by atoms with Gasteiger partial charge >= 0.3 is 5.97 Å². The van der Waals surface area contributed by atoms with E-state index in [-0.39, 0.29) is 12.2 Å². The first kappa shape index (κ1) is 27.3. The molecular formula is C29H32BrNO5. The van der Waals surface area contributed by atoms with Gasteiger partial charge in [0.2, 0.25) is 0 Å². The predicted octanol–water partition coefficient (Wildman–Crippen LogP) is 6.60. The van der Waals surface area contributed by atoms with Gasteiger partial charge < -0.3 is 20.3 Å². The minimum absolute atomic E-state index is 0.115. The molecule has 0 bridgehead atoms. The number of phenolic OH excluding ortho intramolecular Hbond substituents is 1. The van der Waals surface area contributed by atoms with Gasteiger partial charge in [-0.3, -0.25) is 4.79 Å². The molecule has 1 atom stereocenters. The Kier molecular flexibility index (Phi) is 10.4. The molecule has 0 spiro atoms. The molecule has 0 aliphatic heterocycles. The second-order valence-electron chi connectivity index (χ2n) is 8.69. The number of hydrogen-bond donors (Lipinski definition) is 3. The summed E-state index contributed by atoms with van der Waals surface area (Å²) < 4.78 is 6.57. The Hall–Kier alpha value is -3.32. The molecule has 3 aromatic carbocycles. The van der Waals surface area contributed by atoms with Crippen LogP contribution in [-0.4, -0.2) is 34.7 Å². The third kappa shape index (κ3) is 7.85. The van der Waals surface area contributed by atoms with E-state index in [9.17, 15) is 19.8 Å². The number of nitrogens with one attached hydrogen (secondary N) is 1. The van der Waals surface area contributed by atoms with Crippen LogP contribution in [0, 0.1) is 0 Å². The number of amides is 1. The third-order valence-corrected chi connectivity index (χ3v) is 6.40. The van der Waals surface area contributed by atoms with Crippen molar-refractivity contribution in [3.05, 3.63) is 82.3 Å². The number of carboxylic acids is 1. The van der Waals surface area contributed by atoms with Crippen LogP contribution in [0.3, 0.4) is 0 Å². The molecule has 0 saturated carbocycles. The summed E-state index contributed by atoms with van der Waals surface area (Å²) in [4.78, 5) is 25.0. The molecule has 0 aliphatic rings. The SMILES string of the molecule is CCCCCCCOc1ccc(Br)cc1C(=O)N[C@@H](Cc1ccc(-c2ccccc2O)cc1)C(=O)O. The molecule has 0 aliphatic carbocycles. The number of benzene rings is 3. The molecule has 1 amide bonds. The summed E-state index contributed by atoms with van der Waals surface area (Å²) in [7, 11) is 0. The highest BCUT2D eigenvalue weighted by Gasteiger charge is 2.23. The first-order valence-electron chi connectivity index (χ1n) is 12.2. The highest BCUT2D eigenvalue weighted by molar-refractivity contribution is 9.10. The molecule has 0 saturated heterocycles. The lowest BCUT2D eigenvalue weighted by Crippen LogP contribution is -2.42. The Morgan fingerprint density at radius 1 is 0.972 bits per heavy atom. The highest BCUT2D eigenvalue weighted by Crippen LogP contribution is 2.29. The van der Waals surface area contributed by atoms with E-state index in [0.29, 0.717) is 28.0 Å². The number of carbonyl (C=O) groups excluding carboxylic acids is 1. The van der Waals surface area contributed by atoms with E-state index in [2.05, 4.69) is 28.2 Å². The molecule has 6 nitrogen and oxygen atoms in total. The number of aromatic hydroxyl groups is 1. The van der Waals surface area contributed by atoms with Crippen LogP contribution in [0.25, 0.3) is 11.1 Å². The molecule has 3 rings (SSSR count). The quantitative estimate of drug-likeness (QED) is 0.207. The van der Waals surface area contributed by atoms with Crippen LogP contribution in [0.5, 0.6) is 11.5 Å². The van der Waals surface area contributed by atoms with Crippen molar-refractivity contribution in [3.63, 3.8) is 0 Å². The molecule has 0 fully saturated rings. The van der Waals surface area contributed by atoms with Crippen molar-refractivity contribution in [2.45, 2.75) is 51.5 Å². The van der Waals surface area contributed by atoms with Crippen molar-refractivity contribution >= 4 is 27.8 Å². The van der Waals surface area contributed by atoms with Crippen LogP contribution < -0.4 is 10.1 Å². The van der Waals surface area contributed by atoms with Crippen molar-refractivity contribution in [1.29, 1.82) is 0 Å². The summed E-state index contributed by atoms with van der Waals surface area (Å²) >= 11 is 3.39. The van der Waals surface area contributed by atoms with Crippen LogP contribution in [0.2, 0.25) is 0 Å². The maximum atomic E-state index is 13.1. The molecule has 3 aromatic rings. The van der Waals surface area contributed by atoms with Crippen LogP contribution in [0.4, 0.5) is 0 Å². The van der Waals surface area contributed by atoms with Crippen molar-refractivity contribution in [2.24, 2.45) is 0 Å². The molecule has 36 heavy (non-hydrogen) atoms. The number of carbonyl (C=O) groups is 2. The predicted molar refractivity (Wildman–Crippen MR) is 145 cm³/mol. The number of phenols is 1. The van der Waals surface area contributed by atoms with Gasteiger partial charge in [-0.15, -0.1) is 0 Å². The summed E-state index contributed by atoms with van der Waals surface area (Å²) in [5.41, 5.74) is 2.55. The van der Waals surface area contributed by atoms with Crippen LogP contribution in [0.1, 0.15) is 54.9 Å². The smallest absolute Gasteiger partial charge is 0.326 e. The standard InChI is InChI=1S/C29H32BrNO5/c1-2-3-4-5-8-17-36-27-16-15-22(30)19-24(27)28(33)31-25(29(34)35)18-20-11-13-21(14-12-20)23-9-6-7-10-26(23)32/h6-7,9-16,19,25,32H,2-5,8,17-18H2,1H3,(H,31,33)(H,34,35)/t25-/m0/s1. The highest BCUT2D eigenvalue weighted by atomic mass is 79.9. The van der Waals surface area contributed by atoms with E-state index in [4.69, 9.17) is 4.74 Å². The first-order valence-corrected chi connectivity index (χ1v) is 13.0. The zero-order chi connectivity index (χ0) is 25.9. The number of halogens is 1. The van der Waals surface area contributed by atoms with Gasteiger partial charge in [0.15, 0.2) is 0 Å². The molecule has 0 heterocycles. The Bertz CT molecular complexity index is 1160. The summed E-state index contributed by atoms with van der Waals surface area (Å²) in [6.45, 7) is 2.66. The maximum Gasteiger partial charge on any atom is 0.326 e. The average Bonchev–Trinajstić information content (AvgIpc) is 2.87. The normalized spacial score (nSPS) is 11.6. The van der Waals surface area contributed by atoms with E-state index in [1.54, 1.807) is 42.5 Å². The van der Waals surface area contributed by atoms with Crippen LogP contribution in [0.15, 0.2) is 71.2 Å². The lowest BCUT2D eigenvalue weighted by Gasteiger charge is -2.17. The summed E-state index contributed by atoms with van der Waals surface area (Å²) in [6, 6.07) is 18.3. The average molecular weight is 554 g/mol. The number of aliphatic carboxylic acids is 1. The minimum Gasteiger partial charge on any atom is -0.507 e. The van der Waals surface area contributed by atoms with Crippen LogP contribution in [-0.2, 0) is 11.2 Å². The second kappa shape index (κ2) is 13.7. The molecule has 7 heteroatoms. The van der Waals surface area contributed by atoms with E-state index in [0.717, 1.165) is 30.4 Å². The molecule has 3 N–H and O–H groups in total.